The molecule has 3 aromatic rings. The van der Waals surface area contributed by atoms with Gasteiger partial charge >= 0.3 is 0 Å². The number of hydrogen-bond donors (Lipinski definition) is 2. The van der Waals surface area contributed by atoms with E-state index in [9.17, 15) is 14.0 Å². The number of amides is 1. The summed E-state index contributed by atoms with van der Waals surface area (Å²) in [4.78, 5) is 36.0. The smallest absolute Gasteiger partial charge is 0.255 e. The van der Waals surface area contributed by atoms with E-state index in [1.165, 1.54) is 12.1 Å². The van der Waals surface area contributed by atoms with Gasteiger partial charge < -0.3 is 10.3 Å². The molecule has 1 aromatic carbocycles. The topological polar surface area (TPSA) is 87.7 Å². The Bertz CT molecular complexity index is 1120. The first-order chi connectivity index (χ1) is 13.8. The monoisotopic (exact) mass is 434 g/mol. The lowest BCUT2D eigenvalue weighted by molar-refractivity contribution is -0.121. The van der Waals surface area contributed by atoms with Gasteiger partial charge in [0.05, 0.1) is 17.5 Å². The van der Waals surface area contributed by atoms with Crippen LogP contribution >= 0.6 is 23.2 Å². The number of carbonyl (C=O) groups excluding carboxylic acids is 1. The summed E-state index contributed by atoms with van der Waals surface area (Å²) in [5, 5.41) is 2.85. The number of aryl methyl sites for hydroxylation is 1. The van der Waals surface area contributed by atoms with E-state index in [4.69, 9.17) is 23.2 Å². The first-order valence-corrected chi connectivity index (χ1v) is 9.46. The van der Waals surface area contributed by atoms with E-state index in [1.807, 2.05) is 0 Å². The summed E-state index contributed by atoms with van der Waals surface area (Å²) in [7, 11) is 0. The van der Waals surface area contributed by atoms with Gasteiger partial charge in [0.25, 0.3) is 5.56 Å². The van der Waals surface area contributed by atoms with Crippen LogP contribution in [0.15, 0.2) is 41.5 Å². The van der Waals surface area contributed by atoms with E-state index in [-0.39, 0.29) is 22.0 Å². The number of H-pyrrole nitrogens is 1. The number of pyridine rings is 1. The van der Waals surface area contributed by atoms with Crippen molar-refractivity contribution in [2.24, 2.45) is 0 Å². The molecule has 1 amide bonds. The van der Waals surface area contributed by atoms with E-state index in [0.717, 1.165) is 0 Å². The van der Waals surface area contributed by atoms with Crippen LogP contribution < -0.4 is 10.9 Å². The number of hydrogen-bond acceptors (Lipinski definition) is 4. The minimum atomic E-state index is -0.630. The highest BCUT2D eigenvalue weighted by molar-refractivity contribution is 6.35. The fourth-order valence-corrected chi connectivity index (χ4v) is 3.41. The maximum absolute atomic E-state index is 13.7. The lowest BCUT2D eigenvalue weighted by Crippen LogP contribution is -2.31. The first-order valence-electron chi connectivity index (χ1n) is 8.70. The molecule has 2 aromatic heterocycles. The predicted octanol–water partition coefficient (Wildman–Crippen LogP) is 4.01. The van der Waals surface area contributed by atoms with E-state index in [1.54, 1.807) is 38.4 Å². The Balaban J connectivity index is 1.77. The molecule has 9 heteroatoms. The van der Waals surface area contributed by atoms with Crippen molar-refractivity contribution in [3.05, 3.63) is 79.7 Å². The van der Waals surface area contributed by atoms with Gasteiger partial charge in [-0.3, -0.25) is 14.6 Å². The van der Waals surface area contributed by atoms with E-state index in [2.05, 4.69) is 20.3 Å². The Hall–Kier alpha value is -2.77. The largest absolute Gasteiger partial charge is 0.349 e. The summed E-state index contributed by atoms with van der Waals surface area (Å²) >= 11 is 11.8. The van der Waals surface area contributed by atoms with E-state index >= 15 is 0 Å². The molecule has 6 nitrogen and oxygen atoms in total. The summed E-state index contributed by atoms with van der Waals surface area (Å²) in [6.07, 6.45) is 3.02. The molecule has 0 fully saturated rings. The molecule has 0 aliphatic rings. The summed E-state index contributed by atoms with van der Waals surface area (Å²) in [5.74, 6) is -0.676. The first kappa shape index (κ1) is 21.0. The Morgan fingerprint density at radius 3 is 2.72 bits per heavy atom. The lowest BCUT2D eigenvalue weighted by atomic mass is 10.1. The zero-order valence-corrected chi connectivity index (χ0v) is 17.1. The molecule has 29 heavy (non-hydrogen) atoms. The van der Waals surface area contributed by atoms with Crippen LogP contribution in [-0.4, -0.2) is 20.9 Å². The molecule has 0 aliphatic carbocycles. The minimum Gasteiger partial charge on any atom is -0.349 e. The molecule has 0 saturated carbocycles. The molecular weight excluding hydrogens is 418 g/mol. The normalized spacial score (nSPS) is 11.9. The van der Waals surface area contributed by atoms with Gasteiger partial charge in [-0.25, -0.2) is 9.37 Å². The molecule has 2 heterocycles. The quantitative estimate of drug-likeness (QED) is 0.593. The van der Waals surface area contributed by atoms with Crippen molar-refractivity contribution >= 4 is 29.1 Å². The van der Waals surface area contributed by atoms with Crippen molar-refractivity contribution in [1.29, 1.82) is 0 Å². The fraction of sp³-hybridized carbons (Fsp3) is 0.200. The van der Waals surface area contributed by atoms with Gasteiger partial charge in [0.2, 0.25) is 5.91 Å². The summed E-state index contributed by atoms with van der Waals surface area (Å²) < 4.78 is 13.7. The molecule has 0 bridgehead atoms. The highest BCUT2D eigenvalue weighted by Gasteiger charge is 2.18. The van der Waals surface area contributed by atoms with Crippen LogP contribution in [0.1, 0.15) is 29.8 Å². The van der Waals surface area contributed by atoms with Crippen LogP contribution in [0.5, 0.6) is 0 Å². The number of aromatic nitrogens is 3. The number of halogens is 3. The fourth-order valence-electron chi connectivity index (χ4n) is 2.86. The minimum absolute atomic E-state index is 0.0979. The Morgan fingerprint density at radius 2 is 2.07 bits per heavy atom. The standard InChI is InChI=1S/C20H17Cl2FN4O2/c1-10(13-6-17(23)16(22)8-15(13)21)25-18(28)7-14-11(2)26-19(27-20(14)29)12-4-3-5-24-9-12/h3-6,8-10H,7H2,1-2H3,(H,25,28)(H,26,27,29). The molecular formula is C20H17Cl2FN4O2. The molecule has 150 valence electrons. The van der Waals surface area contributed by atoms with Crippen LogP contribution in [0.3, 0.4) is 0 Å². The SMILES string of the molecule is Cc1nc(-c2cccnc2)[nH]c(=O)c1CC(=O)NC(C)c1cc(F)c(Cl)cc1Cl. The highest BCUT2D eigenvalue weighted by Crippen LogP contribution is 2.28. The lowest BCUT2D eigenvalue weighted by Gasteiger charge is -2.16. The molecule has 0 saturated heterocycles. The van der Waals surface area contributed by atoms with Crippen LogP contribution in [0.2, 0.25) is 10.0 Å². The molecule has 1 atom stereocenters. The maximum Gasteiger partial charge on any atom is 0.255 e. The third kappa shape index (κ3) is 4.81. The van der Waals surface area contributed by atoms with Crippen molar-refractivity contribution in [3.63, 3.8) is 0 Å². The maximum atomic E-state index is 13.7. The molecule has 2 N–H and O–H groups in total. The van der Waals surface area contributed by atoms with Crippen LogP contribution in [-0.2, 0) is 11.2 Å². The van der Waals surface area contributed by atoms with E-state index in [0.29, 0.717) is 22.6 Å². The van der Waals surface area contributed by atoms with Crippen LogP contribution in [0.25, 0.3) is 11.4 Å². The third-order valence-corrected chi connectivity index (χ3v) is 5.00. The number of benzene rings is 1. The average Bonchev–Trinajstić information content (AvgIpc) is 2.68. The van der Waals surface area contributed by atoms with Gasteiger partial charge in [0.1, 0.15) is 11.6 Å². The highest BCUT2D eigenvalue weighted by atomic mass is 35.5. The van der Waals surface area contributed by atoms with Gasteiger partial charge in [-0.1, -0.05) is 23.2 Å². The number of nitrogens with zero attached hydrogens (tertiary/aromatic N) is 2. The summed E-state index contributed by atoms with van der Waals surface area (Å²) in [6, 6.07) is 5.39. The Morgan fingerprint density at radius 1 is 1.31 bits per heavy atom. The second kappa shape index (κ2) is 8.71. The Kier molecular flexibility index (Phi) is 6.30. The second-order valence-electron chi connectivity index (χ2n) is 6.47. The van der Waals surface area contributed by atoms with Gasteiger partial charge in [-0.2, -0.15) is 0 Å². The van der Waals surface area contributed by atoms with Gasteiger partial charge in [0.15, 0.2) is 0 Å². The van der Waals surface area contributed by atoms with Gasteiger partial charge in [0, 0.05) is 34.2 Å². The summed E-state index contributed by atoms with van der Waals surface area (Å²) in [6.45, 7) is 3.32. The van der Waals surface area contributed by atoms with Crippen LogP contribution in [0, 0.1) is 12.7 Å². The van der Waals surface area contributed by atoms with Crippen molar-refractivity contribution < 1.29 is 9.18 Å². The molecule has 1 unspecified atom stereocenters. The molecule has 3 rings (SSSR count). The molecule has 0 spiro atoms. The predicted molar refractivity (Wildman–Crippen MR) is 110 cm³/mol. The number of carbonyl (C=O) groups is 1. The molecule has 0 aliphatic heterocycles. The summed E-state index contributed by atoms with van der Waals surface area (Å²) in [5.41, 5.74) is 1.32. The van der Waals surface area contributed by atoms with Gasteiger partial charge in [-0.05, 0) is 43.7 Å². The number of nitrogens with one attached hydrogen (secondary N) is 2. The van der Waals surface area contributed by atoms with E-state index < -0.39 is 23.3 Å². The van der Waals surface area contributed by atoms with Gasteiger partial charge in [-0.15, -0.1) is 0 Å². The van der Waals surface area contributed by atoms with Crippen molar-refractivity contribution in [3.8, 4) is 11.4 Å². The number of rotatable bonds is 5. The van der Waals surface area contributed by atoms with Crippen LogP contribution in [0.4, 0.5) is 4.39 Å². The zero-order valence-electron chi connectivity index (χ0n) is 15.6. The van der Waals surface area contributed by atoms with Crippen molar-refractivity contribution in [1.82, 2.24) is 20.3 Å². The average molecular weight is 435 g/mol. The van der Waals surface area contributed by atoms with Crippen molar-refractivity contribution in [2.45, 2.75) is 26.3 Å². The number of aromatic amines is 1. The third-order valence-electron chi connectivity index (χ3n) is 4.38. The molecule has 0 radical (unpaired) electrons. The van der Waals surface area contributed by atoms with Crippen molar-refractivity contribution in [2.75, 3.05) is 0 Å². The second-order valence-corrected chi connectivity index (χ2v) is 7.29. The zero-order chi connectivity index (χ0) is 21.1. The Labute approximate surface area is 176 Å².